The maximum Gasteiger partial charge on any atom is 0.0570 e. The lowest BCUT2D eigenvalue weighted by Gasteiger charge is -2.16. The number of pyridine rings is 1. The van der Waals surface area contributed by atoms with Gasteiger partial charge in [0.1, 0.15) is 0 Å². The maximum absolute atomic E-state index is 4.37. The largest absolute Gasteiger partial charge is 0.309 e. The summed E-state index contributed by atoms with van der Waals surface area (Å²) in [5.41, 5.74) is 2.52. The summed E-state index contributed by atoms with van der Waals surface area (Å²) in [5.74, 6) is 0.588. The molecular formula is C17H22N2. The molecule has 1 unspecified atom stereocenters. The number of rotatable bonds is 6. The van der Waals surface area contributed by atoms with E-state index in [-0.39, 0.29) is 0 Å². The van der Waals surface area contributed by atoms with Crippen LogP contribution in [-0.4, -0.2) is 11.5 Å². The molecule has 2 atom stereocenters. The van der Waals surface area contributed by atoms with Gasteiger partial charge in [0.05, 0.1) is 5.69 Å². The van der Waals surface area contributed by atoms with Crippen molar-refractivity contribution in [2.75, 3.05) is 6.54 Å². The Hall–Kier alpha value is -1.67. The van der Waals surface area contributed by atoms with Crippen molar-refractivity contribution >= 4 is 0 Å². The third kappa shape index (κ3) is 4.18. The number of nitrogens with zero attached hydrogens (tertiary/aromatic N) is 1. The van der Waals surface area contributed by atoms with Crippen molar-refractivity contribution in [3.05, 3.63) is 66.0 Å². The first-order valence-corrected chi connectivity index (χ1v) is 6.96. The van der Waals surface area contributed by atoms with Crippen LogP contribution in [0.2, 0.25) is 0 Å². The van der Waals surface area contributed by atoms with Gasteiger partial charge in [0, 0.05) is 12.2 Å². The number of hydrogen-bond donors (Lipinski definition) is 1. The first-order valence-electron chi connectivity index (χ1n) is 6.96. The van der Waals surface area contributed by atoms with Gasteiger partial charge in [0.2, 0.25) is 0 Å². The molecule has 0 amide bonds. The zero-order valence-electron chi connectivity index (χ0n) is 11.7. The Kier molecular flexibility index (Phi) is 5.10. The number of aromatic nitrogens is 1. The highest BCUT2D eigenvalue weighted by atomic mass is 14.9. The van der Waals surface area contributed by atoms with E-state index in [9.17, 15) is 0 Å². The minimum atomic E-state index is 0.309. The molecule has 1 heterocycles. The Morgan fingerprint density at radius 1 is 1.00 bits per heavy atom. The third-order valence-corrected chi connectivity index (χ3v) is 3.53. The van der Waals surface area contributed by atoms with E-state index in [2.05, 4.69) is 60.5 Å². The van der Waals surface area contributed by atoms with Crippen LogP contribution in [0, 0.1) is 0 Å². The smallest absolute Gasteiger partial charge is 0.0570 e. The summed E-state index contributed by atoms with van der Waals surface area (Å²) in [7, 11) is 0. The molecule has 0 radical (unpaired) electrons. The van der Waals surface area contributed by atoms with Crippen LogP contribution in [0.3, 0.4) is 0 Å². The van der Waals surface area contributed by atoms with Crippen molar-refractivity contribution in [2.24, 2.45) is 0 Å². The van der Waals surface area contributed by atoms with Crippen LogP contribution in [0.25, 0.3) is 0 Å². The first kappa shape index (κ1) is 13.8. The summed E-state index contributed by atoms with van der Waals surface area (Å²) >= 11 is 0. The zero-order valence-corrected chi connectivity index (χ0v) is 11.7. The minimum Gasteiger partial charge on any atom is -0.309 e. The minimum absolute atomic E-state index is 0.309. The van der Waals surface area contributed by atoms with Crippen molar-refractivity contribution in [1.29, 1.82) is 0 Å². The van der Waals surface area contributed by atoms with Crippen LogP contribution < -0.4 is 5.32 Å². The summed E-state index contributed by atoms with van der Waals surface area (Å²) in [6.45, 7) is 5.45. The second kappa shape index (κ2) is 7.05. The quantitative estimate of drug-likeness (QED) is 0.845. The first-order chi connectivity index (χ1) is 9.27. The van der Waals surface area contributed by atoms with Crippen LogP contribution in [0.5, 0.6) is 0 Å². The van der Waals surface area contributed by atoms with Crippen LogP contribution in [0.15, 0.2) is 54.7 Å². The fourth-order valence-electron chi connectivity index (χ4n) is 2.20. The Bertz CT molecular complexity index is 422. The van der Waals surface area contributed by atoms with E-state index in [0.717, 1.165) is 18.7 Å². The molecule has 0 aliphatic rings. The molecule has 0 saturated carbocycles. The van der Waals surface area contributed by atoms with E-state index in [4.69, 9.17) is 0 Å². The molecular weight excluding hydrogens is 232 g/mol. The molecule has 2 aromatic rings. The molecule has 0 fully saturated rings. The average Bonchev–Trinajstić information content (AvgIpc) is 2.49. The Balaban J connectivity index is 1.78. The number of nitrogens with one attached hydrogen (secondary N) is 1. The van der Waals surface area contributed by atoms with Crippen molar-refractivity contribution in [2.45, 2.75) is 32.2 Å². The second-order valence-electron chi connectivity index (χ2n) is 5.03. The van der Waals surface area contributed by atoms with E-state index < -0.39 is 0 Å². The summed E-state index contributed by atoms with van der Waals surface area (Å²) in [6.07, 6.45) is 2.99. The lowest BCUT2D eigenvalue weighted by Crippen LogP contribution is -2.21. The van der Waals surface area contributed by atoms with E-state index >= 15 is 0 Å². The molecule has 19 heavy (non-hydrogen) atoms. The van der Waals surface area contributed by atoms with Gasteiger partial charge >= 0.3 is 0 Å². The summed E-state index contributed by atoms with van der Waals surface area (Å²) in [5, 5.41) is 3.54. The van der Waals surface area contributed by atoms with Crippen LogP contribution >= 0.6 is 0 Å². The summed E-state index contributed by atoms with van der Waals surface area (Å²) in [6, 6.07) is 17.0. The molecule has 0 saturated heterocycles. The van der Waals surface area contributed by atoms with Gasteiger partial charge in [-0.25, -0.2) is 0 Å². The fourth-order valence-corrected chi connectivity index (χ4v) is 2.20. The van der Waals surface area contributed by atoms with Gasteiger partial charge in [-0.2, -0.15) is 0 Å². The molecule has 0 aliphatic heterocycles. The predicted molar refractivity (Wildman–Crippen MR) is 80.1 cm³/mol. The predicted octanol–water partition coefficient (Wildman–Crippen LogP) is 3.93. The van der Waals surface area contributed by atoms with Gasteiger partial charge < -0.3 is 5.32 Å². The lowest BCUT2D eigenvalue weighted by atomic mass is 9.98. The molecule has 2 nitrogen and oxygen atoms in total. The van der Waals surface area contributed by atoms with E-state index in [1.807, 2.05) is 18.3 Å². The average molecular weight is 254 g/mol. The third-order valence-electron chi connectivity index (χ3n) is 3.53. The van der Waals surface area contributed by atoms with Crippen molar-refractivity contribution in [3.63, 3.8) is 0 Å². The van der Waals surface area contributed by atoms with Crippen LogP contribution in [0.4, 0.5) is 0 Å². The molecule has 2 rings (SSSR count). The Labute approximate surface area is 115 Å². The van der Waals surface area contributed by atoms with Gasteiger partial charge in [-0.1, -0.05) is 43.3 Å². The van der Waals surface area contributed by atoms with Crippen molar-refractivity contribution < 1.29 is 0 Å². The maximum atomic E-state index is 4.37. The fraction of sp³-hybridized carbons (Fsp3) is 0.353. The molecule has 1 N–H and O–H groups in total. The SMILES string of the molecule is CC(CCN[C@@H](C)c1ccccn1)c1ccccc1. The molecule has 0 aliphatic carbocycles. The van der Waals surface area contributed by atoms with Gasteiger partial charge in [0.25, 0.3) is 0 Å². The number of hydrogen-bond acceptors (Lipinski definition) is 2. The van der Waals surface area contributed by atoms with Gasteiger partial charge in [-0.05, 0) is 43.5 Å². The summed E-state index contributed by atoms with van der Waals surface area (Å²) < 4.78 is 0. The van der Waals surface area contributed by atoms with E-state index in [1.54, 1.807) is 0 Å². The number of benzene rings is 1. The Morgan fingerprint density at radius 2 is 1.74 bits per heavy atom. The van der Waals surface area contributed by atoms with Crippen molar-refractivity contribution in [1.82, 2.24) is 10.3 Å². The monoisotopic (exact) mass is 254 g/mol. The second-order valence-corrected chi connectivity index (χ2v) is 5.03. The van der Waals surface area contributed by atoms with Crippen molar-refractivity contribution in [3.8, 4) is 0 Å². The normalized spacial score (nSPS) is 14.0. The highest BCUT2D eigenvalue weighted by Crippen LogP contribution is 2.18. The van der Waals surface area contributed by atoms with Crippen LogP contribution in [-0.2, 0) is 0 Å². The molecule has 1 aromatic carbocycles. The highest BCUT2D eigenvalue weighted by Gasteiger charge is 2.08. The van der Waals surface area contributed by atoms with Gasteiger partial charge in [-0.3, -0.25) is 4.98 Å². The molecule has 1 aromatic heterocycles. The van der Waals surface area contributed by atoms with Crippen LogP contribution in [0.1, 0.15) is 43.5 Å². The zero-order chi connectivity index (χ0) is 13.5. The molecule has 0 spiro atoms. The molecule has 100 valence electrons. The lowest BCUT2D eigenvalue weighted by molar-refractivity contribution is 0.523. The van der Waals surface area contributed by atoms with E-state index in [1.165, 1.54) is 5.56 Å². The van der Waals surface area contributed by atoms with Gasteiger partial charge in [-0.15, -0.1) is 0 Å². The van der Waals surface area contributed by atoms with E-state index in [0.29, 0.717) is 12.0 Å². The standard InChI is InChI=1S/C17H22N2/c1-14(16-8-4-3-5-9-16)11-13-18-15(2)17-10-6-7-12-19-17/h3-10,12,14-15,18H,11,13H2,1-2H3/t14?,15-/m0/s1. The summed E-state index contributed by atoms with van der Waals surface area (Å²) in [4.78, 5) is 4.37. The van der Waals surface area contributed by atoms with Gasteiger partial charge in [0.15, 0.2) is 0 Å². The topological polar surface area (TPSA) is 24.9 Å². The molecule has 0 bridgehead atoms. The molecule has 2 heteroatoms. The highest BCUT2D eigenvalue weighted by molar-refractivity contribution is 5.18. The Morgan fingerprint density at radius 3 is 2.42 bits per heavy atom.